The number of carbonyl (C=O) groups is 1. The second kappa shape index (κ2) is 8.19. The van der Waals surface area contributed by atoms with Crippen LogP contribution in [0.2, 0.25) is 0 Å². The second-order valence-corrected chi connectivity index (χ2v) is 7.56. The number of hydrogen-bond acceptors (Lipinski definition) is 3. The Morgan fingerprint density at radius 3 is 2.80 bits per heavy atom. The van der Waals surface area contributed by atoms with Gasteiger partial charge >= 0.3 is 0 Å². The van der Waals surface area contributed by atoms with E-state index < -0.39 is 0 Å². The lowest BCUT2D eigenvalue weighted by Crippen LogP contribution is -2.24. The van der Waals surface area contributed by atoms with Gasteiger partial charge in [-0.3, -0.25) is 9.89 Å². The van der Waals surface area contributed by atoms with Gasteiger partial charge in [-0.1, -0.05) is 47.1 Å². The molecule has 1 aromatic heterocycles. The highest BCUT2D eigenvalue weighted by atomic mass is 16.5. The average Bonchev–Trinajstić information content (AvgIpc) is 3.06. The minimum Gasteiger partial charge on any atom is -0.493 e. The number of rotatable bonds is 7. The highest BCUT2D eigenvalue weighted by Crippen LogP contribution is 2.23. The molecule has 1 atom stereocenters. The molecule has 0 aliphatic rings. The lowest BCUT2D eigenvalue weighted by molar-refractivity contribution is 0.0950. The topological polar surface area (TPSA) is 67.0 Å². The first-order valence-electron chi connectivity index (χ1n) is 8.85. The predicted octanol–water partition coefficient (Wildman–Crippen LogP) is 4.06. The van der Waals surface area contributed by atoms with E-state index in [9.17, 15) is 4.79 Å². The number of amides is 1. The van der Waals surface area contributed by atoms with Crippen LogP contribution in [0.5, 0.6) is 5.75 Å². The number of hydrogen-bond donors (Lipinski definition) is 2. The van der Waals surface area contributed by atoms with Crippen molar-refractivity contribution in [2.75, 3.05) is 6.61 Å². The molecule has 1 unspecified atom stereocenters. The minimum absolute atomic E-state index is 0.0414. The van der Waals surface area contributed by atoms with Crippen LogP contribution in [-0.2, 0) is 12.0 Å². The minimum atomic E-state index is -0.116. The molecule has 5 heteroatoms. The highest BCUT2D eigenvalue weighted by Gasteiger charge is 2.20. The molecule has 2 aromatic rings. The maximum Gasteiger partial charge on any atom is 0.251 e. The molecule has 0 aliphatic carbocycles. The summed E-state index contributed by atoms with van der Waals surface area (Å²) in [6.45, 7) is 11.7. The fraction of sp³-hybridized carbons (Fsp3) is 0.500. The number of benzene rings is 1. The summed E-state index contributed by atoms with van der Waals surface area (Å²) in [4.78, 5) is 12.5. The molecule has 0 bridgehead atoms. The molecule has 0 spiro atoms. The summed E-state index contributed by atoms with van der Waals surface area (Å²) < 4.78 is 5.77. The van der Waals surface area contributed by atoms with Crippen molar-refractivity contribution in [3.63, 3.8) is 0 Å². The lowest BCUT2D eigenvalue weighted by atomic mass is 9.89. The van der Waals surface area contributed by atoms with Crippen LogP contribution in [0, 0.1) is 5.92 Å². The Labute approximate surface area is 150 Å². The van der Waals surface area contributed by atoms with Crippen LogP contribution >= 0.6 is 0 Å². The van der Waals surface area contributed by atoms with Gasteiger partial charge < -0.3 is 10.1 Å². The molecule has 1 aromatic carbocycles. The number of nitrogens with one attached hydrogen (secondary N) is 2. The molecule has 25 heavy (non-hydrogen) atoms. The van der Waals surface area contributed by atoms with Gasteiger partial charge in [0.15, 0.2) is 0 Å². The van der Waals surface area contributed by atoms with Gasteiger partial charge in [-0.05, 0) is 24.1 Å². The van der Waals surface area contributed by atoms with Crippen LogP contribution in [0.1, 0.15) is 62.7 Å². The van der Waals surface area contributed by atoms with Crippen LogP contribution in [0.4, 0.5) is 0 Å². The molecule has 1 amide bonds. The SMILES string of the molecule is CCC(C)COc1cccc(C(=O)NCc2cn[nH]c2C(C)(C)C)c1. The normalized spacial score (nSPS) is 12.7. The van der Waals surface area contributed by atoms with Gasteiger partial charge in [-0.2, -0.15) is 5.10 Å². The summed E-state index contributed by atoms with van der Waals surface area (Å²) in [6.07, 6.45) is 2.84. The van der Waals surface area contributed by atoms with Crippen molar-refractivity contribution >= 4 is 5.91 Å². The Balaban J connectivity index is 1.98. The van der Waals surface area contributed by atoms with Crippen LogP contribution in [0.15, 0.2) is 30.5 Å². The molecule has 0 radical (unpaired) electrons. The number of H-pyrrole nitrogens is 1. The Hall–Kier alpha value is -2.30. The van der Waals surface area contributed by atoms with Crippen molar-refractivity contribution in [1.82, 2.24) is 15.5 Å². The van der Waals surface area contributed by atoms with Crippen molar-refractivity contribution in [1.29, 1.82) is 0 Å². The molecule has 0 saturated carbocycles. The molecule has 0 fully saturated rings. The lowest BCUT2D eigenvalue weighted by Gasteiger charge is -2.18. The Morgan fingerprint density at radius 1 is 1.36 bits per heavy atom. The molecule has 1 heterocycles. The molecule has 0 aliphatic heterocycles. The number of aromatic nitrogens is 2. The third-order valence-electron chi connectivity index (χ3n) is 4.23. The predicted molar refractivity (Wildman–Crippen MR) is 99.8 cm³/mol. The number of carbonyl (C=O) groups excluding carboxylic acids is 1. The maximum absolute atomic E-state index is 12.5. The number of aromatic amines is 1. The van der Waals surface area contributed by atoms with E-state index in [1.54, 1.807) is 18.3 Å². The zero-order valence-electron chi connectivity index (χ0n) is 15.8. The van der Waals surface area contributed by atoms with E-state index in [1.165, 1.54) is 0 Å². The largest absolute Gasteiger partial charge is 0.493 e. The van der Waals surface area contributed by atoms with Crippen molar-refractivity contribution in [3.05, 3.63) is 47.3 Å². The summed E-state index contributed by atoms with van der Waals surface area (Å²) in [6, 6.07) is 7.31. The number of nitrogens with zero attached hydrogens (tertiary/aromatic N) is 1. The standard InChI is InChI=1S/C20H29N3O2/c1-6-14(2)13-25-17-9-7-8-15(10-17)19(24)21-11-16-12-22-23-18(16)20(3,4)5/h7-10,12,14H,6,11,13H2,1-5H3,(H,21,24)(H,22,23). The summed E-state index contributed by atoms with van der Waals surface area (Å²) in [5.41, 5.74) is 2.60. The monoisotopic (exact) mass is 343 g/mol. The van der Waals surface area contributed by atoms with Crippen LogP contribution < -0.4 is 10.1 Å². The molecule has 2 N–H and O–H groups in total. The Bertz CT molecular complexity index is 701. The highest BCUT2D eigenvalue weighted by molar-refractivity contribution is 5.94. The first kappa shape index (κ1) is 19.0. The van der Waals surface area contributed by atoms with E-state index in [2.05, 4.69) is 50.1 Å². The van der Waals surface area contributed by atoms with E-state index in [0.29, 0.717) is 24.6 Å². The van der Waals surface area contributed by atoms with Gasteiger partial charge in [0, 0.05) is 28.8 Å². The third kappa shape index (κ3) is 5.34. The van der Waals surface area contributed by atoms with Crippen LogP contribution in [0.3, 0.4) is 0 Å². The molecule has 136 valence electrons. The van der Waals surface area contributed by atoms with Gasteiger partial charge in [-0.25, -0.2) is 0 Å². The van der Waals surface area contributed by atoms with E-state index >= 15 is 0 Å². The van der Waals surface area contributed by atoms with Gasteiger partial charge in [0.25, 0.3) is 5.91 Å². The van der Waals surface area contributed by atoms with Gasteiger partial charge in [0.05, 0.1) is 12.8 Å². The Morgan fingerprint density at radius 2 is 2.12 bits per heavy atom. The van der Waals surface area contributed by atoms with Gasteiger partial charge in [0.2, 0.25) is 0 Å². The zero-order valence-corrected chi connectivity index (χ0v) is 15.8. The summed E-state index contributed by atoms with van der Waals surface area (Å²) in [5, 5.41) is 10.1. The summed E-state index contributed by atoms with van der Waals surface area (Å²) in [7, 11) is 0. The van der Waals surface area contributed by atoms with Gasteiger partial charge in [-0.15, -0.1) is 0 Å². The summed E-state index contributed by atoms with van der Waals surface area (Å²) in [5.74, 6) is 1.11. The number of ether oxygens (including phenoxy) is 1. The van der Waals surface area contributed by atoms with E-state index in [-0.39, 0.29) is 11.3 Å². The third-order valence-corrected chi connectivity index (χ3v) is 4.23. The molecular weight excluding hydrogens is 314 g/mol. The molecule has 0 saturated heterocycles. The average molecular weight is 343 g/mol. The fourth-order valence-corrected chi connectivity index (χ4v) is 2.46. The van der Waals surface area contributed by atoms with E-state index in [1.807, 2.05) is 12.1 Å². The van der Waals surface area contributed by atoms with E-state index in [0.717, 1.165) is 23.4 Å². The van der Waals surface area contributed by atoms with Gasteiger partial charge in [0.1, 0.15) is 5.75 Å². The first-order chi connectivity index (χ1) is 11.8. The zero-order chi connectivity index (χ0) is 18.4. The first-order valence-corrected chi connectivity index (χ1v) is 8.85. The summed E-state index contributed by atoms with van der Waals surface area (Å²) >= 11 is 0. The van der Waals surface area contributed by atoms with Crippen molar-refractivity contribution in [2.24, 2.45) is 5.92 Å². The molecule has 5 nitrogen and oxygen atoms in total. The fourth-order valence-electron chi connectivity index (χ4n) is 2.46. The Kier molecular flexibility index (Phi) is 6.23. The second-order valence-electron chi connectivity index (χ2n) is 7.56. The van der Waals surface area contributed by atoms with Crippen LogP contribution in [0.25, 0.3) is 0 Å². The molecule has 2 rings (SSSR count). The van der Waals surface area contributed by atoms with Crippen molar-refractivity contribution in [2.45, 2.75) is 53.0 Å². The quantitative estimate of drug-likeness (QED) is 0.796. The molecular formula is C20H29N3O2. The van der Waals surface area contributed by atoms with E-state index in [4.69, 9.17) is 4.74 Å². The smallest absolute Gasteiger partial charge is 0.251 e. The van der Waals surface area contributed by atoms with Crippen LogP contribution in [-0.4, -0.2) is 22.7 Å². The van der Waals surface area contributed by atoms with Crippen molar-refractivity contribution in [3.8, 4) is 5.75 Å². The maximum atomic E-state index is 12.5. The van der Waals surface area contributed by atoms with Crippen molar-refractivity contribution < 1.29 is 9.53 Å².